The van der Waals surface area contributed by atoms with Gasteiger partial charge in [-0.2, -0.15) is 0 Å². The molecule has 0 heterocycles. The van der Waals surface area contributed by atoms with Gasteiger partial charge in [0.1, 0.15) is 0 Å². The zero-order valence-corrected chi connectivity index (χ0v) is 9.40. The lowest BCUT2D eigenvalue weighted by Gasteiger charge is -2.06. The van der Waals surface area contributed by atoms with Gasteiger partial charge in [-0.1, -0.05) is 24.3 Å². The fourth-order valence-corrected chi connectivity index (χ4v) is 1.31. The van der Waals surface area contributed by atoms with Gasteiger partial charge in [0.25, 0.3) is 0 Å². The molecule has 1 amide bonds. The maximum Gasteiger partial charge on any atom is 0.407 e. The average molecular weight is 223 g/mol. The minimum absolute atomic E-state index is 0.153. The number of carbonyl (C=O) groups is 1. The standard InChI is InChI=1S/C12H17NO3/c1-2-16-12(15)13-9-11-5-3-10(4-6-11)7-8-14/h3-6,14H,2,7-9H2,1H3,(H,13,15). The minimum atomic E-state index is -0.401. The summed E-state index contributed by atoms with van der Waals surface area (Å²) in [5.74, 6) is 0. The summed E-state index contributed by atoms with van der Waals surface area (Å²) in [6, 6.07) is 7.74. The number of nitrogens with one attached hydrogen (secondary N) is 1. The molecule has 0 spiro atoms. The van der Waals surface area contributed by atoms with Gasteiger partial charge in [-0.25, -0.2) is 4.79 Å². The van der Waals surface area contributed by atoms with Crippen LogP contribution in [0.1, 0.15) is 18.1 Å². The summed E-state index contributed by atoms with van der Waals surface area (Å²) in [6.45, 7) is 2.75. The maximum absolute atomic E-state index is 11.0. The highest BCUT2D eigenvalue weighted by Crippen LogP contribution is 2.04. The van der Waals surface area contributed by atoms with Crippen LogP contribution in [0.3, 0.4) is 0 Å². The monoisotopic (exact) mass is 223 g/mol. The molecule has 0 unspecified atom stereocenters. The Morgan fingerprint density at radius 3 is 2.50 bits per heavy atom. The summed E-state index contributed by atoms with van der Waals surface area (Å²) in [5, 5.41) is 11.4. The molecule has 0 saturated heterocycles. The van der Waals surface area contributed by atoms with E-state index in [1.807, 2.05) is 24.3 Å². The van der Waals surface area contributed by atoms with Crippen LogP contribution in [-0.2, 0) is 17.7 Å². The number of benzene rings is 1. The zero-order chi connectivity index (χ0) is 11.8. The fourth-order valence-electron chi connectivity index (χ4n) is 1.31. The summed E-state index contributed by atoms with van der Waals surface area (Å²) in [5.41, 5.74) is 2.09. The van der Waals surface area contributed by atoms with Crippen molar-refractivity contribution in [3.63, 3.8) is 0 Å². The van der Waals surface area contributed by atoms with Crippen molar-refractivity contribution < 1.29 is 14.6 Å². The summed E-state index contributed by atoms with van der Waals surface area (Å²) in [4.78, 5) is 11.0. The Kier molecular flexibility index (Phi) is 5.36. The molecule has 0 aliphatic carbocycles. The molecule has 0 fully saturated rings. The molecule has 0 radical (unpaired) electrons. The second-order valence-corrected chi connectivity index (χ2v) is 3.36. The molecule has 0 aliphatic heterocycles. The summed E-state index contributed by atoms with van der Waals surface area (Å²) in [7, 11) is 0. The average Bonchev–Trinajstić information content (AvgIpc) is 2.29. The highest BCUT2D eigenvalue weighted by Gasteiger charge is 2.00. The molecule has 2 N–H and O–H groups in total. The highest BCUT2D eigenvalue weighted by molar-refractivity contribution is 5.67. The molecular weight excluding hydrogens is 206 g/mol. The molecule has 16 heavy (non-hydrogen) atoms. The summed E-state index contributed by atoms with van der Waals surface area (Å²) in [6.07, 6.45) is 0.257. The first-order chi connectivity index (χ1) is 7.76. The predicted molar refractivity (Wildman–Crippen MR) is 61.1 cm³/mol. The van der Waals surface area contributed by atoms with E-state index < -0.39 is 6.09 Å². The van der Waals surface area contributed by atoms with Crippen molar-refractivity contribution in [1.82, 2.24) is 5.32 Å². The Hall–Kier alpha value is -1.55. The summed E-state index contributed by atoms with van der Waals surface area (Å²) >= 11 is 0. The van der Waals surface area contributed by atoms with Crippen LogP contribution in [0.5, 0.6) is 0 Å². The van der Waals surface area contributed by atoms with Crippen LogP contribution >= 0.6 is 0 Å². The van der Waals surface area contributed by atoms with Gasteiger partial charge in [0.05, 0.1) is 6.61 Å². The minimum Gasteiger partial charge on any atom is -0.450 e. The van der Waals surface area contributed by atoms with Crippen molar-refractivity contribution in [2.75, 3.05) is 13.2 Å². The Bertz CT molecular complexity index is 322. The number of alkyl carbamates (subject to hydrolysis) is 1. The first-order valence-corrected chi connectivity index (χ1v) is 5.35. The van der Waals surface area contributed by atoms with Crippen molar-refractivity contribution in [3.05, 3.63) is 35.4 Å². The maximum atomic E-state index is 11.0. The second kappa shape index (κ2) is 6.85. The Morgan fingerprint density at radius 2 is 1.94 bits per heavy atom. The second-order valence-electron chi connectivity index (χ2n) is 3.36. The topological polar surface area (TPSA) is 58.6 Å². The van der Waals surface area contributed by atoms with Crippen LogP contribution in [0.2, 0.25) is 0 Å². The van der Waals surface area contributed by atoms with Crippen molar-refractivity contribution >= 4 is 6.09 Å². The van der Waals surface area contributed by atoms with E-state index >= 15 is 0 Å². The highest BCUT2D eigenvalue weighted by atomic mass is 16.5. The predicted octanol–water partition coefficient (Wildman–Crippen LogP) is 1.47. The van der Waals surface area contributed by atoms with Gasteiger partial charge in [-0.15, -0.1) is 0 Å². The van der Waals surface area contributed by atoms with Crippen LogP contribution in [0.15, 0.2) is 24.3 Å². The normalized spacial score (nSPS) is 9.88. The lowest BCUT2D eigenvalue weighted by Crippen LogP contribution is -2.23. The van der Waals surface area contributed by atoms with Crippen molar-refractivity contribution in [3.8, 4) is 0 Å². The lowest BCUT2D eigenvalue weighted by atomic mass is 10.1. The molecule has 0 aromatic heterocycles. The number of ether oxygens (including phenoxy) is 1. The number of aliphatic hydroxyl groups is 1. The first kappa shape index (κ1) is 12.5. The van der Waals surface area contributed by atoms with Gasteiger partial charge in [0, 0.05) is 13.2 Å². The van der Waals surface area contributed by atoms with Gasteiger partial charge >= 0.3 is 6.09 Å². The van der Waals surface area contributed by atoms with Crippen LogP contribution < -0.4 is 5.32 Å². The molecule has 0 bridgehead atoms. The number of rotatable bonds is 5. The lowest BCUT2D eigenvalue weighted by molar-refractivity contribution is 0.151. The van der Waals surface area contributed by atoms with Gasteiger partial charge in [-0.05, 0) is 24.5 Å². The van der Waals surface area contributed by atoms with E-state index in [9.17, 15) is 4.79 Å². The molecule has 1 rings (SSSR count). The van der Waals surface area contributed by atoms with Crippen LogP contribution in [0.25, 0.3) is 0 Å². The van der Waals surface area contributed by atoms with Gasteiger partial charge < -0.3 is 15.2 Å². The first-order valence-electron chi connectivity index (χ1n) is 5.35. The van der Waals surface area contributed by atoms with E-state index in [2.05, 4.69) is 5.32 Å². The van der Waals surface area contributed by atoms with Crippen LogP contribution in [0, 0.1) is 0 Å². The Morgan fingerprint density at radius 1 is 1.31 bits per heavy atom. The van der Waals surface area contributed by atoms with Gasteiger partial charge in [-0.3, -0.25) is 0 Å². The van der Waals surface area contributed by atoms with E-state index in [4.69, 9.17) is 9.84 Å². The fraction of sp³-hybridized carbons (Fsp3) is 0.417. The van der Waals surface area contributed by atoms with E-state index in [1.165, 1.54) is 0 Å². The zero-order valence-electron chi connectivity index (χ0n) is 9.40. The molecule has 4 nitrogen and oxygen atoms in total. The third-order valence-corrected chi connectivity index (χ3v) is 2.14. The third-order valence-electron chi connectivity index (χ3n) is 2.14. The van der Waals surface area contributed by atoms with E-state index in [1.54, 1.807) is 6.92 Å². The van der Waals surface area contributed by atoms with Crippen LogP contribution in [-0.4, -0.2) is 24.4 Å². The molecule has 1 aromatic carbocycles. The Labute approximate surface area is 95.2 Å². The molecule has 0 aliphatic rings. The molecule has 0 saturated carbocycles. The van der Waals surface area contributed by atoms with E-state index in [0.29, 0.717) is 19.6 Å². The van der Waals surface area contributed by atoms with E-state index in [0.717, 1.165) is 11.1 Å². The number of amides is 1. The van der Waals surface area contributed by atoms with Gasteiger partial charge in [0.2, 0.25) is 0 Å². The smallest absolute Gasteiger partial charge is 0.407 e. The van der Waals surface area contributed by atoms with Crippen molar-refractivity contribution in [2.24, 2.45) is 0 Å². The summed E-state index contributed by atoms with van der Waals surface area (Å²) < 4.78 is 4.74. The molecular formula is C12H17NO3. The Balaban J connectivity index is 2.40. The quantitative estimate of drug-likeness (QED) is 0.794. The van der Waals surface area contributed by atoms with Gasteiger partial charge in [0.15, 0.2) is 0 Å². The van der Waals surface area contributed by atoms with Crippen molar-refractivity contribution in [1.29, 1.82) is 0 Å². The molecule has 4 heteroatoms. The van der Waals surface area contributed by atoms with Crippen molar-refractivity contribution in [2.45, 2.75) is 19.9 Å². The number of hydrogen-bond acceptors (Lipinski definition) is 3. The molecule has 88 valence electrons. The number of aliphatic hydroxyl groups excluding tert-OH is 1. The number of carbonyl (C=O) groups excluding carboxylic acids is 1. The SMILES string of the molecule is CCOC(=O)NCc1ccc(CCO)cc1. The molecule has 0 atom stereocenters. The van der Waals surface area contributed by atoms with Crippen LogP contribution in [0.4, 0.5) is 4.79 Å². The van der Waals surface area contributed by atoms with E-state index in [-0.39, 0.29) is 6.61 Å². The largest absolute Gasteiger partial charge is 0.450 e. The molecule has 1 aromatic rings. The number of hydrogen-bond donors (Lipinski definition) is 2. The third kappa shape index (κ3) is 4.31.